The van der Waals surface area contributed by atoms with Crippen LogP contribution in [0.4, 0.5) is 4.39 Å². The molecular formula is C11H13BrFNO2. The molecule has 0 heterocycles. The number of benzene rings is 1. The molecule has 0 aromatic heterocycles. The van der Waals surface area contributed by atoms with Crippen LogP contribution in [0.5, 0.6) is 0 Å². The number of hydrogen-bond donors (Lipinski definition) is 2. The Balaban J connectivity index is 2.63. The largest absolute Gasteiger partial charge is 0.396 e. The normalized spacial score (nSPS) is 12.2. The second-order valence-electron chi connectivity index (χ2n) is 3.63. The Bertz CT molecular complexity index is 384. The van der Waals surface area contributed by atoms with Crippen molar-refractivity contribution < 1.29 is 14.3 Å². The maximum absolute atomic E-state index is 13.1. The van der Waals surface area contributed by atoms with Crippen molar-refractivity contribution in [3.8, 4) is 0 Å². The highest BCUT2D eigenvalue weighted by Gasteiger charge is 2.09. The Morgan fingerprint density at radius 1 is 1.62 bits per heavy atom. The summed E-state index contributed by atoms with van der Waals surface area (Å²) in [4.78, 5) is 11.6. The van der Waals surface area contributed by atoms with Crippen LogP contribution in [0.1, 0.15) is 17.3 Å². The highest BCUT2D eigenvalue weighted by atomic mass is 79.9. The van der Waals surface area contributed by atoms with Crippen molar-refractivity contribution in [2.45, 2.75) is 6.92 Å². The summed E-state index contributed by atoms with van der Waals surface area (Å²) in [7, 11) is 0. The van der Waals surface area contributed by atoms with Gasteiger partial charge in [-0.05, 0) is 40.0 Å². The first-order chi connectivity index (χ1) is 7.54. The SMILES string of the molecule is CC(CO)CNC(=O)c1ccc(Br)c(F)c1. The summed E-state index contributed by atoms with van der Waals surface area (Å²) in [5, 5.41) is 11.4. The minimum atomic E-state index is -0.470. The second-order valence-corrected chi connectivity index (χ2v) is 4.48. The summed E-state index contributed by atoms with van der Waals surface area (Å²) in [5.74, 6) is -0.821. The summed E-state index contributed by atoms with van der Waals surface area (Å²) >= 11 is 3.01. The number of nitrogens with one attached hydrogen (secondary N) is 1. The molecule has 0 aliphatic heterocycles. The van der Waals surface area contributed by atoms with Gasteiger partial charge in [0, 0.05) is 18.7 Å². The lowest BCUT2D eigenvalue weighted by atomic mass is 10.1. The van der Waals surface area contributed by atoms with Crippen LogP contribution in [-0.4, -0.2) is 24.2 Å². The van der Waals surface area contributed by atoms with E-state index in [0.29, 0.717) is 11.0 Å². The zero-order chi connectivity index (χ0) is 12.1. The van der Waals surface area contributed by atoms with Gasteiger partial charge in [-0.1, -0.05) is 6.92 Å². The van der Waals surface area contributed by atoms with E-state index in [4.69, 9.17) is 5.11 Å². The number of carbonyl (C=O) groups excluding carboxylic acids is 1. The molecule has 0 aliphatic carbocycles. The van der Waals surface area contributed by atoms with E-state index in [9.17, 15) is 9.18 Å². The van der Waals surface area contributed by atoms with Gasteiger partial charge in [-0.2, -0.15) is 0 Å². The van der Waals surface area contributed by atoms with Gasteiger partial charge in [0.1, 0.15) is 5.82 Å². The van der Waals surface area contributed by atoms with E-state index in [0.717, 1.165) is 0 Å². The summed E-state index contributed by atoms with van der Waals surface area (Å²) in [5.41, 5.74) is 0.269. The van der Waals surface area contributed by atoms with Crippen LogP contribution in [0.2, 0.25) is 0 Å². The lowest BCUT2D eigenvalue weighted by Gasteiger charge is -2.09. The number of rotatable bonds is 4. The molecule has 1 amide bonds. The number of aliphatic hydroxyl groups excluding tert-OH is 1. The molecule has 1 rings (SSSR count). The first kappa shape index (κ1) is 13.1. The fraction of sp³-hybridized carbons (Fsp3) is 0.364. The van der Waals surface area contributed by atoms with Crippen LogP contribution in [-0.2, 0) is 0 Å². The van der Waals surface area contributed by atoms with Gasteiger partial charge in [0.05, 0.1) is 4.47 Å². The van der Waals surface area contributed by atoms with Crippen molar-refractivity contribution in [3.05, 3.63) is 34.1 Å². The molecule has 0 saturated carbocycles. The molecular weight excluding hydrogens is 277 g/mol. The second kappa shape index (κ2) is 5.96. The minimum Gasteiger partial charge on any atom is -0.396 e. The van der Waals surface area contributed by atoms with Gasteiger partial charge in [0.2, 0.25) is 0 Å². The zero-order valence-electron chi connectivity index (χ0n) is 8.84. The van der Waals surface area contributed by atoms with Crippen LogP contribution in [0.15, 0.2) is 22.7 Å². The molecule has 0 aliphatic rings. The summed E-state index contributed by atoms with van der Waals surface area (Å²) in [6.07, 6.45) is 0. The van der Waals surface area contributed by atoms with Gasteiger partial charge in [-0.25, -0.2) is 4.39 Å². The van der Waals surface area contributed by atoms with Crippen LogP contribution in [0.3, 0.4) is 0 Å². The Kier molecular flexibility index (Phi) is 4.89. The Morgan fingerprint density at radius 3 is 2.88 bits per heavy atom. The molecule has 0 bridgehead atoms. The molecule has 88 valence electrons. The average molecular weight is 290 g/mol. The van der Waals surface area contributed by atoms with Crippen molar-refractivity contribution >= 4 is 21.8 Å². The molecule has 1 aromatic rings. The monoisotopic (exact) mass is 289 g/mol. The molecule has 1 aromatic carbocycles. The van der Waals surface area contributed by atoms with Crippen molar-refractivity contribution in [1.82, 2.24) is 5.32 Å². The lowest BCUT2D eigenvalue weighted by Crippen LogP contribution is -2.29. The Labute approximate surface area is 102 Å². The summed E-state index contributed by atoms with van der Waals surface area (Å²) < 4.78 is 13.5. The predicted molar refractivity (Wildman–Crippen MR) is 62.7 cm³/mol. The smallest absolute Gasteiger partial charge is 0.251 e. The van der Waals surface area contributed by atoms with Crippen molar-refractivity contribution in [3.63, 3.8) is 0 Å². The quantitative estimate of drug-likeness (QED) is 0.890. The zero-order valence-corrected chi connectivity index (χ0v) is 10.4. The highest BCUT2D eigenvalue weighted by Crippen LogP contribution is 2.16. The number of aliphatic hydroxyl groups is 1. The maximum atomic E-state index is 13.1. The van der Waals surface area contributed by atoms with Gasteiger partial charge in [0.25, 0.3) is 5.91 Å². The molecule has 3 nitrogen and oxygen atoms in total. The maximum Gasteiger partial charge on any atom is 0.251 e. The molecule has 0 radical (unpaired) electrons. The minimum absolute atomic E-state index is 0.00891. The van der Waals surface area contributed by atoms with Crippen LogP contribution in [0, 0.1) is 11.7 Å². The highest BCUT2D eigenvalue weighted by molar-refractivity contribution is 9.10. The van der Waals surface area contributed by atoms with E-state index in [1.807, 2.05) is 6.92 Å². The molecule has 0 saturated heterocycles. The van der Waals surface area contributed by atoms with E-state index in [-0.39, 0.29) is 24.0 Å². The van der Waals surface area contributed by atoms with Crippen LogP contribution in [0.25, 0.3) is 0 Å². The van der Waals surface area contributed by atoms with Crippen LogP contribution >= 0.6 is 15.9 Å². The first-order valence-corrected chi connectivity index (χ1v) is 5.68. The van der Waals surface area contributed by atoms with E-state index < -0.39 is 5.82 Å². The van der Waals surface area contributed by atoms with E-state index in [1.165, 1.54) is 18.2 Å². The third kappa shape index (κ3) is 3.57. The molecule has 1 unspecified atom stereocenters. The fourth-order valence-electron chi connectivity index (χ4n) is 1.07. The van der Waals surface area contributed by atoms with E-state index in [1.54, 1.807) is 0 Å². The Morgan fingerprint density at radius 2 is 2.31 bits per heavy atom. The third-order valence-electron chi connectivity index (χ3n) is 2.10. The average Bonchev–Trinajstić information content (AvgIpc) is 2.29. The van der Waals surface area contributed by atoms with Crippen molar-refractivity contribution in [2.24, 2.45) is 5.92 Å². The van der Waals surface area contributed by atoms with E-state index >= 15 is 0 Å². The molecule has 5 heteroatoms. The summed E-state index contributed by atoms with van der Waals surface area (Å²) in [6.45, 7) is 2.18. The summed E-state index contributed by atoms with van der Waals surface area (Å²) in [6, 6.07) is 4.19. The molecule has 1 atom stereocenters. The molecule has 2 N–H and O–H groups in total. The van der Waals surface area contributed by atoms with Gasteiger partial charge in [-0.15, -0.1) is 0 Å². The van der Waals surface area contributed by atoms with E-state index in [2.05, 4.69) is 21.2 Å². The predicted octanol–water partition coefficient (Wildman–Crippen LogP) is 1.95. The molecule has 0 fully saturated rings. The number of amides is 1. The first-order valence-electron chi connectivity index (χ1n) is 4.88. The fourth-order valence-corrected chi connectivity index (χ4v) is 1.32. The van der Waals surface area contributed by atoms with Gasteiger partial charge >= 0.3 is 0 Å². The van der Waals surface area contributed by atoms with Gasteiger partial charge in [0.15, 0.2) is 0 Å². The van der Waals surface area contributed by atoms with Gasteiger partial charge in [-0.3, -0.25) is 4.79 Å². The van der Waals surface area contributed by atoms with Crippen LogP contribution < -0.4 is 5.32 Å². The number of carbonyl (C=O) groups is 1. The number of hydrogen-bond acceptors (Lipinski definition) is 2. The third-order valence-corrected chi connectivity index (χ3v) is 2.75. The lowest BCUT2D eigenvalue weighted by molar-refractivity contribution is 0.0942. The topological polar surface area (TPSA) is 49.3 Å². The number of halogens is 2. The van der Waals surface area contributed by atoms with Gasteiger partial charge < -0.3 is 10.4 Å². The van der Waals surface area contributed by atoms with Crippen molar-refractivity contribution in [1.29, 1.82) is 0 Å². The van der Waals surface area contributed by atoms with Crippen molar-refractivity contribution in [2.75, 3.05) is 13.2 Å². The Hall–Kier alpha value is -0.940. The standard InChI is InChI=1S/C11H13BrFNO2/c1-7(6-15)5-14-11(16)8-2-3-9(12)10(13)4-8/h2-4,7,15H,5-6H2,1H3,(H,14,16). The molecule has 16 heavy (non-hydrogen) atoms. The molecule has 0 spiro atoms.